The zero-order valence-electron chi connectivity index (χ0n) is 18.8. The molecular formula is C24H23N3O6S. The number of benzene rings is 2. The van der Waals surface area contributed by atoms with E-state index in [2.05, 4.69) is 14.7 Å². The molecule has 0 bridgehead atoms. The second-order valence-corrected chi connectivity index (χ2v) is 9.54. The number of hydrogen-bond donors (Lipinski definition) is 3. The maximum absolute atomic E-state index is 12.7. The first-order chi connectivity index (χ1) is 16.2. The van der Waals surface area contributed by atoms with Gasteiger partial charge < -0.3 is 19.4 Å². The van der Waals surface area contributed by atoms with Crippen LogP contribution in [0.15, 0.2) is 59.5 Å². The maximum atomic E-state index is 12.7. The highest BCUT2D eigenvalue weighted by Crippen LogP contribution is 2.40. The van der Waals surface area contributed by atoms with E-state index < -0.39 is 21.6 Å². The van der Waals surface area contributed by atoms with Crippen molar-refractivity contribution < 1.29 is 22.7 Å². The molecule has 0 saturated heterocycles. The number of sulfonamides is 1. The van der Waals surface area contributed by atoms with Crippen molar-refractivity contribution in [1.82, 2.24) is 9.97 Å². The van der Waals surface area contributed by atoms with Crippen molar-refractivity contribution in [2.24, 2.45) is 0 Å². The van der Waals surface area contributed by atoms with Crippen LogP contribution < -0.4 is 15.0 Å². The summed E-state index contributed by atoms with van der Waals surface area (Å²) in [5, 5.41) is 0.836. The van der Waals surface area contributed by atoms with Gasteiger partial charge in [-0.25, -0.2) is 13.2 Å². The number of anilines is 1. The van der Waals surface area contributed by atoms with Gasteiger partial charge in [0.1, 0.15) is 17.2 Å². The smallest absolute Gasteiger partial charge is 0.355 e. The fourth-order valence-corrected chi connectivity index (χ4v) is 4.30. The van der Waals surface area contributed by atoms with E-state index in [1.165, 1.54) is 14.0 Å². The van der Waals surface area contributed by atoms with Crippen molar-refractivity contribution in [3.63, 3.8) is 0 Å². The minimum Gasteiger partial charge on any atom is -0.464 e. The van der Waals surface area contributed by atoms with E-state index in [0.717, 1.165) is 0 Å². The molecule has 4 rings (SSSR count). The summed E-state index contributed by atoms with van der Waals surface area (Å²) < 4.78 is 37.9. The molecule has 3 N–H and O–H groups in total. The van der Waals surface area contributed by atoms with Gasteiger partial charge in [0.2, 0.25) is 10.0 Å². The molecule has 0 aliphatic rings. The number of nitrogens with one attached hydrogen (secondary N) is 3. The number of carbonyl (C=O) groups is 1. The summed E-state index contributed by atoms with van der Waals surface area (Å²) in [7, 11) is -2.35. The summed E-state index contributed by atoms with van der Waals surface area (Å²) >= 11 is 0. The molecule has 176 valence electrons. The second kappa shape index (κ2) is 9.06. The summed E-state index contributed by atoms with van der Waals surface area (Å²) in [4.78, 5) is 31.1. The number of aryl methyl sites for hydroxylation is 1. The molecule has 2 aromatic heterocycles. The highest BCUT2D eigenvalue weighted by atomic mass is 32.2. The standard InChI is InChI=1S/C24H23N3O6S/c1-4-34(30,31)27-15-10-11-19(33-16-8-6-5-7-9-16)17(12-15)21-18-13-25-14(2)20(18)23(28)26-22(21)24(29)32-3/h5-13,25,27H,4H2,1-3H3,(H,26,28). The van der Waals surface area contributed by atoms with Gasteiger partial charge in [0.05, 0.1) is 18.2 Å². The van der Waals surface area contributed by atoms with Gasteiger partial charge in [0.25, 0.3) is 5.56 Å². The number of para-hydroxylation sites is 1. The highest BCUT2D eigenvalue weighted by molar-refractivity contribution is 7.92. The van der Waals surface area contributed by atoms with Crippen LogP contribution in [0.2, 0.25) is 0 Å². The van der Waals surface area contributed by atoms with E-state index in [-0.39, 0.29) is 17.1 Å². The Bertz CT molecular complexity index is 1540. The van der Waals surface area contributed by atoms with Crippen LogP contribution in [-0.2, 0) is 14.8 Å². The minimum absolute atomic E-state index is 0.0765. The molecule has 2 aromatic carbocycles. The van der Waals surface area contributed by atoms with Crippen LogP contribution in [-0.4, -0.2) is 37.2 Å². The molecule has 0 saturated carbocycles. The lowest BCUT2D eigenvalue weighted by atomic mass is 9.97. The van der Waals surface area contributed by atoms with Crippen LogP contribution >= 0.6 is 0 Å². The van der Waals surface area contributed by atoms with Gasteiger partial charge in [-0.05, 0) is 44.2 Å². The summed E-state index contributed by atoms with van der Waals surface area (Å²) in [5.74, 6) is 0.0231. The van der Waals surface area contributed by atoms with E-state index in [0.29, 0.717) is 39.1 Å². The van der Waals surface area contributed by atoms with E-state index in [1.807, 2.05) is 18.2 Å². The van der Waals surface area contributed by atoms with Crippen LogP contribution in [0.4, 0.5) is 5.69 Å². The fourth-order valence-electron chi connectivity index (χ4n) is 3.67. The predicted octanol–water partition coefficient (Wildman–Crippen LogP) is 4.17. The predicted molar refractivity (Wildman–Crippen MR) is 130 cm³/mol. The molecule has 2 heterocycles. The van der Waals surface area contributed by atoms with Crippen LogP contribution in [0, 0.1) is 6.92 Å². The number of ether oxygens (including phenoxy) is 2. The molecule has 9 nitrogen and oxygen atoms in total. The van der Waals surface area contributed by atoms with Gasteiger partial charge in [-0.3, -0.25) is 9.52 Å². The zero-order chi connectivity index (χ0) is 24.5. The number of fused-ring (bicyclic) bond motifs is 1. The molecule has 34 heavy (non-hydrogen) atoms. The molecule has 0 atom stereocenters. The molecule has 4 aromatic rings. The normalized spacial score (nSPS) is 11.4. The maximum Gasteiger partial charge on any atom is 0.355 e. The van der Waals surface area contributed by atoms with Gasteiger partial charge in [-0.2, -0.15) is 0 Å². The summed E-state index contributed by atoms with van der Waals surface area (Å²) in [6.07, 6.45) is 1.62. The van der Waals surface area contributed by atoms with Crippen LogP contribution in [0.25, 0.3) is 21.9 Å². The topological polar surface area (TPSA) is 130 Å². The number of H-pyrrole nitrogens is 2. The van der Waals surface area contributed by atoms with Crippen molar-refractivity contribution in [1.29, 1.82) is 0 Å². The summed E-state index contributed by atoms with van der Waals surface area (Å²) in [6.45, 7) is 3.27. The summed E-state index contributed by atoms with van der Waals surface area (Å²) in [5.41, 5.74) is 1.09. The number of hydrogen-bond acceptors (Lipinski definition) is 6. The molecule has 0 aliphatic carbocycles. The Morgan fingerprint density at radius 3 is 2.53 bits per heavy atom. The second-order valence-electron chi connectivity index (χ2n) is 7.53. The first kappa shape index (κ1) is 23.1. The Morgan fingerprint density at radius 2 is 1.85 bits per heavy atom. The van der Waals surface area contributed by atoms with Gasteiger partial charge >= 0.3 is 5.97 Å². The molecule has 0 aliphatic heterocycles. The van der Waals surface area contributed by atoms with Crippen LogP contribution in [0.5, 0.6) is 11.5 Å². The number of aromatic amines is 2. The van der Waals surface area contributed by atoms with E-state index in [4.69, 9.17) is 9.47 Å². The van der Waals surface area contributed by atoms with Crippen molar-refractivity contribution in [3.8, 4) is 22.6 Å². The molecule has 0 radical (unpaired) electrons. The monoisotopic (exact) mass is 481 g/mol. The van der Waals surface area contributed by atoms with Gasteiger partial charge in [-0.15, -0.1) is 0 Å². The Hall–Kier alpha value is -4.05. The van der Waals surface area contributed by atoms with Crippen LogP contribution in [0.3, 0.4) is 0 Å². The third kappa shape index (κ3) is 4.40. The lowest BCUT2D eigenvalue weighted by Gasteiger charge is -2.17. The van der Waals surface area contributed by atoms with E-state index in [1.54, 1.807) is 43.5 Å². The number of rotatable bonds is 7. The van der Waals surface area contributed by atoms with Crippen molar-refractivity contribution in [2.45, 2.75) is 13.8 Å². The fraction of sp³-hybridized carbons (Fsp3) is 0.167. The Balaban J connectivity index is 2.04. The van der Waals surface area contributed by atoms with E-state index >= 15 is 0 Å². The first-order valence-corrected chi connectivity index (χ1v) is 12.1. The lowest BCUT2D eigenvalue weighted by molar-refractivity contribution is 0.0595. The number of pyridine rings is 1. The van der Waals surface area contributed by atoms with Crippen molar-refractivity contribution in [3.05, 3.63) is 76.5 Å². The first-order valence-electron chi connectivity index (χ1n) is 10.4. The number of aromatic nitrogens is 2. The largest absolute Gasteiger partial charge is 0.464 e. The molecule has 0 fully saturated rings. The van der Waals surface area contributed by atoms with Gasteiger partial charge in [0.15, 0.2) is 0 Å². The lowest BCUT2D eigenvalue weighted by Crippen LogP contribution is -2.17. The third-order valence-corrected chi connectivity index (χ3v) is 6.63. The molecule has 0 amide bonds. The average molecular weight is 482 g/mol. The minimum atomic E-state index is -3.57. The summed E-state index contributed by atoms with van der Waals surface area (Å²) in [6, 6.07) is 13.7. The average Bonchev–Trinajstić information content (AvgIpc) is 3.22. The molecule has 10 heteroatoms. The quantitative estimate of drug-likeness (QED) is 0.340. The SMILES string of the molecule is CCS(=O)(=O)Nc1ccc(Oc2ccccc2)c(-c2c(C(=O)OC)[nH]c(=O)c3c(C)[nH]cc23)c1. The number of carbonyl (C=O) groups excluding carboxylic acids is 1. The highest BCUT2D eigenvalue weighted by Gasteiger charge is 2.24. The van der Waals surface area contributed by atoms with Crippen molar-refractivity contribution in [2.75, 3.05) is 17.6 Å². The third-order valence-electron chi connectivity index (χ3n) is 5.33. The van der Waals surface area contributed by atoms with Crippen molar-refractivity contribution >= 4 is 32.5 Å². The Labute approximate surface area is 195 Å². The molecule has 0 spiro atoms. The zero-order valence-corrected chi connectivity index (χ0v) is 19.6. The number of methoxy groups -OCH3 is 1. The van der Waals surface area contributed by atoms with Gasteiger partial charge in [0, 0.05) is 34.1 Å². The van der Waals surface area contributed by atoms with Crippen LogP contribution in [0.1, 0.15) is 23.1 Å². The number of esters is 1. The van der Waals surface area contributed by atoms with E-state index in [9.17, 15) is 18.0 Å². The molecule has 0 unspecified atom stereocenters. The molecular weight excluding hydrogens is 458 g/mol. The Kier molecular flexibility index (Phi) is 6.16. The Morgan fingerprint density at radius 1 is 1.12 bits per heavy atom. The van der Waals surface area contributed by atoms with Gasteiger partial charge in [-0.1, -0.05) is 18.2 Å².